The Kier molecular flexibility index (Phi) is 4.61. The Balaban J connectivity index is 2.32. The van der Waals surface area contributed by atoms with E-state index in [1.807, 2.05) is 24.3 Å². The lowest BCUT2D eigenvalue weighted by Crippen LogP contribution is -2.04. The standard InChI is InChI=1S/C17H18BrNO/c1-3-11(2)12-7-9-13(10-8-12)17(20)14-5-4-6-15(19)16(14)18/h4-11H,3,19H2,1-2H3. The second-order valence-electron chi connectivity index (χ2n) is 4.97. The number of anilines is 1. The van der Waals surface area contributed by atoms with Gasteiger partial charge in [0.1, 0.15) is 0 Å². The molecule has 0 heterocycles. The lowest BCUT2D eigenvalue weighted by molar-refractivity contribution is 0.103. The van der Waals surface area contributed by atoms with Gasteiger partial charge in [-0.1, -0.05) is 44.2 Å². The lowest BCUT2D eigenvalue weighted by Gasteiger charge is -2.10. The fraction of sp³-hybridized carbons (Fsp3) is 0.235. The van der Waals surface area contributed by atoms with Crippen LogP contribution in [0, 0.1) is 0 Å². The number of ketones is 1. The summed E-state index contributed by atoms with van der Waals surface area (Å²) >= 11 is 3.38. The van der Waals surface area contributed by atoms with Crippen LogP contribution < -0.4 is 5.73 Å². The number of nitrogen functional groups attached to an aromatic ring is 1. The summed E-state index contributed by atoms with van der Waals surface area (Å²) in [7, 11) is 0. The first-order valence-electron chi connectivity index (χ1n) is 6.73. The fourth-order valence-electron chi connectivity index (χ4n) is 2.08. The summed E-state index contributed by atoms with van der Waals surface area (Å²) in [4.78, 5) is 12.5. The molecule has 2 N–H and O–H groups in total. The Labute approximate surface area is 128 Å². The van der Waals surface area contributed by atoms with Gasteiger partial charge < -0.3 is 5.73 Å². The minimum atomic E-state index is -0.0140. The van der Waals surface area contributed by atoms with Crippen LogP contribution in [-0.4, -0.2) is 5.78 Å². The molecule has 0 fully saturated rings. The van der Waals surface area contributed by atoms with Crippen molar-refractivity contribution in [1.29, 1.82) is 0 Å². The van der Waals surface area contributed by atoms with Gasteiger partial charge in [0.05, 0.1) is 4.47 Å². The number of hydrogen-bond acceptors (Lipinski definition) is 2. The molecule has 0 radical (unpaired) electrons. The smallest absolute Gasteiger partial charge is 0.194 e. The summed E-state index contributed by atoms with van der Waals surface area (Å²) in [5, 5.41) is 0. The van der Waals surface area contributed by atoms with Crippen LogP contribution >= 0.6 is 15.9 Å². The first kappa shape index (κ1) is 14.8. The normalized spacial score (nSPS) is 12.2. The molecule has 2 rings (SSSR count). The molecular formula is C17H18BrNO. The van der Waals surface area contributed by atoms with Gasteiger partial charge in [-0.25, -0.2) is 0 Å². The number of rotatable bonds is 4. The molecule has 0 bridgehead atoms. The third-order valence-electron chi connectivity index (χ3n) is 3.63. The Hall–Kier alpha value is -1.61. The highest BCUT2D eigenvalue weighted by molar-refractivity contribution is 9.10. The van der Waals surface area contributed by atoms with Crippen molar-refractivity contribution >= 4 is 27.4 Å². The summed E-state index contributed by atoms with van der Waals surface area (Å²) in [6.07, 6.45) is 1.09. The van der Waals surface area contributed by atoms with Crippen molar-refractivity contribution in [3.05, 3.63) is 63.6 Å². The molecule has 0 aliphatic carbocycles. The third kappa shape index (κ3) is 2.93. The molecule has 2 aromatic carbocycles. The van der Waals surface area contributed by atoms with Crippen LogP contribution in [0.15, 0.2) is 46.9 Å². The van der Waals surface area contributed by atoms with E-state index in [-0.39, 0.29) is 5.78 Å². The van der Waals surface area contributed by atoms with E-state index < -0.39 is 0 Å². The van der Waals surface area contributed by atoms with E-state index in [9.17, 15) is 4.79 Å². The zero-order chi connectivity index (χ0) is 14.7. The molecule has 2 aromatic rings. The Morgan fingerprint density at radius 2 is 1.85 bits per heavy atom. The highest BCUT2D eigenvalue weighted by Crippen LogP contribution is 2.26. The maximum atomic E-state index is 12.5. The van der Waals surface area contributed by atoms with Crippen LogP contribution in [0.4, 0.5) is 5.69 Å². The Bertz CT molecular complexity index is 619. The second-order valence-corrected chi connectivity index (χ2v) is 5.76. The van der Waals surface area contributed by atoms with E-state index >= 15 is 0 Å². The molecule has 0 amide bonds. The van der Waals surface area contributed by atoms with Gasteiger partial charge in [0, 0.05) is 16.8 Å². The molecule has 1 atom stereocenters. The van der Waals surface area contributed by atoms with Crippen LogP contribution in [-0.2, 0) is 0 Å². The number of carbonyl (C=O) groups is 1. The van der Waals surface area contributed by atoms with Crippen molar-refractivity contribution in [3.8, 4) is 0 Å². The van der Waals surface area contributed by atoms with Crippen molar-refractivity contribution in [2.24, 2.45) is 0 Å². The van der Waals surface area contributed by atoms with Crippen LogP contribution in [0.1, 0.15) is 47.7 Å². The molecule has 104 valence electrons. The predicted molar refractivity (Wildman–Crippen MR) is 87.1 cm³/mol. The van der Waals surface area contributed by atoms with Gasteiger partial charge in [0.25, 0.3) is 0 Å². The van der Waals surface area contributed by atoms with Crippen LogP contribution in [0.2, 0.25) is 0 Å². The molecule has 20 heavy (non-hydrogen) atoms. The zero-order valence-corrected chi connectivity index (χ0v) is 13.3. The lowest BCUT2D eigenvalue weighted by atomic mass is 9.95. The minimum absolute atomic E-state index is 0.0140. The summed E-state index contributed by atoms with van der Waals surface area (Å²) in [5.74, 6) is 0.498. The van der Waals surface area contributed by atoms with Gasteiger partial charge >= 0.3 is 0 Å². The predicted octanol–water partition coefficient (Wildman–Crippen LogP) is 4.78. The Morgan fingerprint density at radius 3 is 2.45 bits per heavy atom. The number of benzene rings is 2. The van der Waals surface area contributed by atoms with E-state index in [1.54, 1.807) is 18.2 Å². The van der Waals surface area contributed by atoms with E-state index in [0.717, 1.165) is 6.42 Å². The highest BCUT2D eigenvalue weighted by atomic mass is 79.9. The summed E-state index contributed by atoms with van der Waals surface area (Å²) in [5.41, 5.74) is 8.94. The minimum Gasteiger partial charge on any atom is -0.398 e. The molecule has 0 aliphatic heterocycles. The van der Waals surface area contributed by atoms with Crippen LogP contribution in [0.25, 0.3) is 0 Å². The van der Waals surface area contributed by atoms with Gasteiger partial charge in [-0.05, 0) is 46.0 Å². The van der Waals surface area contributed by atoms with Crippen LogP contribution in [0.3, 0.4) is 0 Å². The molecule has 1 unspecified atom stereocenters. The number of halogens is 1. The van der Waals surface area contributed by atoms with E-state index in [2.05, 4.69) is 29.8 Å². The van der Waals surface area contributed by atoms with Crippen molar-refractivity contribution in [3.63, 3.8) is 0 Å². The number of hydrogen-bond donors (Lipinski definition) is 1. The largest absolute Gasteiger partial charge is 0.398 e. The molecule has 0 spiro atoms. The molecular weight excluding hydrogens is 314 g/mol. The molecule has 0 aromatic heterocycles. The fourth-order valence-corrected chi connectivity index (χ4v) is 2.52. The van der Waals surface area contributed by atoms with Gasteiger partial charge in [0.2, 0.25) is 0 Å². The molecule has 0 saturated heterocycles. The van der Waals surface area contributed by atoms with Crippen LogP contribution in [0.5, 0.6) is 0 Å². The first-order valence-corrected chi connectivity index (χ1v) is 7.52. The number of carbonyl (C=O) groups excluding carboxylic acids is 1. The quantitative estimate of drug-likeness (QED) is 0.647. The summed E-state index contributed by atoms with van der Waals surface area (Å²) < 4.78 is 0.663. The SMILES string of the molecule is CCC(C)c1ccc(C(=O)c2cccc(N)c2Br)cc1. The average molecular weight is 332 g/mol. The first-order chi connectivity index (χ1) is 9.54. The number of nitrogens with two attached hydrogens (primary N) is 1. The van der Waals surface area contributed by atoms with Gasteiger partial charge in [-0.15, -0.1) is 0 Å². The topological polar surface area (TPSA) is 43.1 Å². The third-order valence-corrected chi connectivity index (χ3v) is 4.51. The maximum absolute atomic E-state index is 12.5. The molecule has 0 aliphatic rings. The van der Waals surface area contributed by atoms with Crippen molar-refractivity contribution < 1.29 is 4.79 Å². The Morgan fingerprint density at radius 1 is 1.20 bits per heavy atom. The van der Waals surface area contributed by atoms with Crippen molar-refractivity contribution in [2.75, 3.05) is 5.73 Å². The van der Waals surface area contributed by atoms with Crippen molar-refractivity contribution in [1.82, 2.24) is 0 Å². The van der Waals surface area contributed by atoms with E-state index in [0.29, 0.717) is 27.2 Å². The van der Waals surface area contributed by atoms with Gasteiger partial charge in [0.15, 0.2) is 5.78 Å². The summed E-state index contributed by atoms with van der Waals surface area (Å²) in [6, 6.07) is 13.2. The second kappa shape index (κ2) is 6.23. The maximum Gasteiger partial charge on any atom is 0.194 e. The van der Waals surface area contributed by atoms with Gasteiger partial charge in [-0.3, -0.25) is 4.79 Å². The molecule has 0 saturated carbocycles. The van der Waals surface area contributed by atoms with E-state index in [4.69, 9.17) is 5.73 Å². The highest BCUT2D eigenvalue weighted by Gasteiger charge is 2.14. The van der Waals surface area contributed by atoms with E-state index in [1.165, 1.54) is 5.56 Å². The zero-order valence-electron chi connectivity index (χ0n) is 11.7. The monoisotopic (exact) mass is 331 g/mol. The van der Waals surface area contributed by atoms with Crippen molar-refractivity contribution in [2.45, 2.75) is 26.2 Å². The average Bonchev–Trinajstić information content (AvgIpc) is 2.48. The molecule has 2 nitrogen and oxygen atoms in total. The summed E-state index contributed by atoms with van der Waals surface area (Å²) in [6.45, 7) is 4.35. The van der Waals surface area contributed by atoms with Gasteiger partial charge in [-0.2, -0.15) is 0 Å². The molecule has 3 heteroatoms.